The molecule has 0 saturated carbocycles. The highest BCUT2D eigenvalue weighted by Crippen LogP contribution is 2.17. The second-order valence-corrected chi connectivity index (χ2v) is 5.42. The van der Waals surface area contributed by atoms with Gasteiger partial charge in [-0.05, 0) is 71.1 Å². The molecule has 0 amide bonds. The fourth-order valence-corrected chi connectivity index (χ4v) is 2.12. The molecule has 100 valence electrons. The van der Waals surface area contributed by atoms with Gasteiger partial charge in [0, 0.05) is 17.2 Å². The van der Waals surface area contributed by atoms with Crippen LogP contribution in [0.5, 0.6) is 0 Å². The van der Waals surface area contributed by atoms with Crippen molar-refractivity contribution < 1.29 is 4.39 Å². The molecule has 2 rings (SSSR count). The predicted molar refractivity (Wildman–Crippen MR) is 80.0 cm³/mol. The van der Waals surface area contributed by atoms with Gasteiger partial charge in [0.25, 0.3) is 0 Å². The van der Waals surface area contributed by atoms with E-state index in [-0.39, 0.29) is 5.82 Å². The average molecular weight is 323 g/mol. The fraction of sp³-hybridized carbons (Fsp3) is 0.267. The van der Waals surface area contributed by atoms with Gasteiger partial charge in [-0.1, -0.05) is 6.07 Å². The lowest BCUT2D eigenvalue weighted by Crippen LogP contribution is -2.07. The van der Waals surface area contributed by atoms with E-state index in [1.165, 1.54) is 6.07 Å². The van der Waals surface area contributed by atoms with Crippen LogP contribution < -0.4 is 5.32 Å². The third-order valence-electron chi connectivity index (χ3n) is 3.05. The molecule has 2 aromatic rings. The smallest absolute Gasteiger partial charge is 0.126 e. The molecule has 0 aliphatic rings. The molecular formula is C15H16BrFN2. The minimum atomic E-state index is -0.181. The Morgan fingerprint density at radius 3 is 2.68 bits per heavy atom. The Labute approximate surface area is 121 Å². The summed E-state index contributed by atoms with van der Waals surface area (Å²) in [7, 11) is 0. The highest BCUT2D eigenvalue weighted by atomic mass is 79.9. The van der Waals surface area contributed by atoms with Gasteiger partial charge in [0.15, 0.2) is 0 Å². The lowest BCUT2D eigenvalue weighted by atomic mass is 10.1. The first-order chi connectivity index (χ1) is 9.06. The van der Waals surface area contributed by atoms with Crippen molar-refractivity contribution in [2.45, 2.75) is 20.3 Å². The van der Waals surface area contributed by atoms with Gasteiger partial charge in [-0.15, -0.1) is 0 Å². The second-order valence-electron chi connectivity index (χ2n) is 4.57. The molecule has 0 atom stereocenters. The first kappa shape index (κ1) is 14.0. The van der Waals surface area contributed by atoms with Gasteiger partial charge < -0.3 is 5.32 Å². The number of nitrogens with one attached hydrogen (secondary N) is 1. The van der Waals surface area contributed by atoms with Crippen molar-refractivity contribution in [3.8, 4) is 0 Å². The summed E-state index contributed by atoms with van der Waals surface area (Å²) < 4.78 is 14.0. The number of aromatic nitrogens is 1. The normalized spacial score (nSPS) is 10.5. The number of aryl methyl sites for hydroxylation is 2. The van der Waals surface area contributed by atoms with Gasteiger partial charge in [-0.25, -0.2) is 9.37 Å². The number of hydrogen-bond donors (Lipinski definition) is 1. The Kier molecular flexibility index (Phi) is 4.53. The number of rotatable bonds is 4. The first-order valence-electron chi connectivity index (χ1n) is 6.17. The van der Waals surface area contributed by atoms with Crippen LogP contribution in [0, 0.1) is 19.7 Å². The van der Waals surface area contributed by atoms with E-state index in [4.69, 9.17) is 0 Å². The van der Waals surface area contributed by atoms with Crippen molar-refractivity contribution in [2.24, 2.45) is 0 Å². The Balaban J connectivity index is 1.94. The van der Waals surface area contributed by atoms with Crippen LogP contribution >= 0.6 is 15.9 Å². The molecule has 4 heteroatoms. The first-order valence-corrected chi connectivity index (χ1v) is 6.96. The van der Waals surface area contributed by atoms with Crippen molar-refractivity contribution in [1.29, 1.82) is 0 Å². The van der Waals surface area contributed by atoms with Crippen LogP contribution in [0.25, 0.3) is 0 Å². The number of nitrogens with zero attached hydrogens (tertiary/aromatic N) is 1. The van der Waals surface area contributed by atoms with Gasteiger partial charge in [0.1, 0.15) is 11.6 Å². The minimum Gasteiger partial charge on any atom is -0.370 e. The van der Waals surface area contributed by atoms with Crippen molar-refractivity contribution in [3.05, 3.63) is 57.4 Å². The quantitative estimate of drug-likeness (QED) is 0.910. The van der Waals surface area contributed by atoms with Crippen LogP contribution in [0.1, 0.15) is 16.7 Å². The van der Waals surface area contributed by atoms with Gasteiger partial charge in [-0.3, -0.25) is 0 Å². The maximum absolute atomic E-state index is 13.0. The zero-order valence-corrected chi connectivity index (χ0v) is 12.6. The molecule has 0 fully saturated rings. The fourth-order valence-electron chi connectivity index (χ4n) is 1.90. The molecular weight excluding hydrogens is 307 g/mol. The van der Waals surface area contributed by atoms with Crippen molar-refractivity contribution in [1.82, 2.24) is 4.98 Å². The molecule has 19 heavy (non-hydrogen) atoms. The molecule has 0 saturated heterocycles. The zero-order chi connectivity index (χ0) is 13.8. The summed E-state index contributed by atoms with van der Waals surface area (Å²) >= 11 is 3.42. The van der Waals surface area contributed by atoms with Crippen LogP contribution in [0.15, 0.2) is 34.9 Å². The molecule has 0 spiro atoms. The minimum absolute atomic E-state index is 0.181. The van der Waals surface area contributed by atoms with Crippen LogP contribution in [0.4, 0.5) is 10.2 Å². The maximum Gasteiger partial charge on any atom is 0.126 e. The van der Waals surface area contributed by atoms with E-state index in [0.717, 1.165) is 39.9 Å². The van der Waals surface area contributed by atoms with E-state index >= 15 is 0 Å². The maximum atomic E-state index is 13.0. The number of benzene rings is 1. The number of halogens is 2. The third kappa shape index (κ3) is 3.77. The lowest BCUT2D eigenvalue weighted by Gasteiger charge is -2.09. The van der Waals surface area contributed by atoms with Gasteiger partial charge in [0.2, 0.25) is 0 Å². The summed E-state index contributed by atoms with van der Waals surface area (Å²) in [5.74, 6) is 0.680. The monoisotopic (exact) mass is 322 g/mol. The molecule has 0 unspecified atom stereocenters. The molecule has 1 heterocycles. The summed E-state index contributed by atoms with van der Waals surface area (Å²) in [6.45, 7) is 4.74. The van der Waals surface area contributed by atoms with E-state index < -0.39 is 0 Å². The summed E-state index contributed by atoms with van der Waals surface area (Å²) in [5, 5.41) is 3.28. The average Bonchev–Trinajstić information content (AvgIpc) is 2.36. The van der Waals surface area contributed by atoms with Crippen LogP contribution in [0.3, 0.4) is 0 Å². The topological polar surface area (TPSA) is 24.9 Å². The molecule has 0 aliphatic carbocycles. The molecule has 1 aromatic carbocycles. The number of pyridine rings is 1. The molecule has 2 nitrogen and oxygen atoms in total. The van der Waals surface area contributed by atoms with Gasteiger partial charge in [0.05, 0.1) is 0 Å². The summed E-state index contributed by atoms with van der Waals surface area (Å²) in [5.41, 5.74) is 3.29. The molecule has 0 radical (unpaired) electrons. The highest BCUT2D eigenvalue weighted by molar-refractivity contribution is 9.10. The Hall–Kier alpha value is -1.42. The number of hydrogen-bond acceptors (Lipinski definition) is 2. The summed E-state index contributed by atoms with van der Waals surface area (Å²) in [6, 6.07) is 6.91. The van der Waals surface area contributed by atoms with E-state index in [1.54, 1.807) is 12.3 Å². The second kappa shape index (κ2) is 6.15. The molecule has 1 N–H and O–H groups in total. The number of anilines is 1. The van der Waals surface area contributed by atoms with Crippen molar-refractivity contribution in [2.75, 3.05) is 11.9 Å². The van der Waals surface area contributed by atoms with E-state index in [2.05, 4.69) is 26.2 Å². The highest BCUT2D eigenvalue weighted by Gasteiger charge is 2.01. The summed E-state index contributed by atoms with van der Waals surface area (Å²) in [6.07, 6.45) is 2.64. The van der Waals surface area contributed by atoms with Crippen molar-refractivity contribution >= 4 is 21.7 Å². The van der Waals surface area contributed by atoms with E-state index in [0.29, 0.717) is 0 Å². The lowest BCUT2D eigenvalue weighted by molar-refractivity contribution is 0.625. The van der Waals surface area contributed by atoms with E-state index in [1.807, 2.05) is 26.0 Å². The Bertz CT molecular complexity index is 584. The third-order valence-corrected chi connectivity index (χ3v) is 3.88. The largest absolute Gasteiger partial charge is 0.370 e. The predicted octanol–water partition coefficient (Wildman–Crippen LogP) is 4.25. The Morgan fingerprint density at radius 2 is 2.00 bits per heavy atom. The molecule has 0 bridgehead atoms. The molecule has 0 aliphatic heterocycles. The molecule has 1 aromatic heterocycles. The van der Waals surface area contributed by atoms with Crippen molar-refractivity contribution in [3.63, 3.8) is 0 Å². The van der Waals surface area contributed by atoms with Gasteiger partial charge >= 0.3 is 0 Å². The SMILES string of the molecule is Cc1cc(NCCc2ccc(F)cc2C)ncc1Br. The standard InChI is InChI=1S/C15H16BrFN2/c1-10-7-13(17)4-3-12(10)5-6-18-15-8-11(2)14(16)9-19-15/h3-4,7-9H,5-6H2,1-2H3,(H,18,19). The Morgan fingerprint density at radius 1 is 1.21 bits per heavy atom. The zero-order valence-electron chi connectivity index (χ0n) is 11.0. The van der Waals surface area contributed by atoms with Crippen LogP contribution in [0.2, 0.25) is 0 Å². The summed E-state index contributed by atoms with van der Waals surface area (Å²) in [4.78, 5) is 4.29. The van der Waals surface area contributed by atoms with Crippen LogP contribution in [-0.2, 0) is 6.42 Å². The van der Waals surface area contributed by atoms with E-state index in [9.17, 15) is 4.39 Å². The van der Waals surface area contributed by atoms with Crippen LogP contribution in [-0.4, -0.2) is 11.5 Å². The van der Waals surface area contributed by atoms with Gasteiger partial charge in [-0.2, -0.15) is 0 Å².